The Morgan fingerprint density at radius 1 is 1.00 bits per heavy atom. The van der Waals surface area contributed by atoms with E-state index in [9.17, 15) is 4.79 Å². The molecule has 7 nitrogen and oxygen atoms in total. The number of hydrogen-bond donors (Lipinski definition) is 1. The van der Waals surface area contributed by atoms with Gasteiger partial charge in [0.15, 0.2) is 0 Å². The van der Waals surface area contributed by atoms with E-state index in [0.717, 1.165) is 28.3 Å². The fourth-order valence-corrected chi connectivity index (χ4v) is 3.74. The van der Waals surface area contributed by atoms with Gasteiger partial charge in [-0.3, -0.25) is 4.90 Å². The number of urea groups is 1. The third-order valence-electron chi connectivity index (χ3n) is 5.55. The Bertz CT molecular complexity index is 1150. The highest BCUT2D eigenvalue weighted by atomic mass is 16.3. The SMILES string of the molecule is CN(Cc1cn(-c2ccccc2)nc1-c1ccccc1)C(=O)NC[C@H](c1ccco1)N(C)C. The van der Waals surface area contributed by atoms with E-state index in [2.05, 4.69) is 5.32 Å². The lowest BCUT2D eigenvalue weighted by molar-refractivity contribution is 0.197. The molecule has 7 heteroatoms. The maximum absolute atomic E-state index is 12.9. The Morgan fingerprint density at radius 3 is 2.33 bits per heavy atom. The molecule has 0 aliphatic rings. The molecule has 0 unspecified atom stereocenters. The smallest absolute Gasteiger partial charge is 0.317 e. The standard InChI is InChI=1S/C26H29N5O2/c1-29(2)23(24-15-10-16-33-24)17-27-26(32)30(3)18-21-19-31(22-13-8-5-9-14-22)28-25(21)20-11-6-4-7-12-20/h4-16,19,23H,17-18H2,1-3H3,(H,27,32)/t23-/m1/s1. The van der Waals surface area contributed by atoms with E-state index in [1.54, 1.807) is 18.2 Å². The van der Waals surface area contributed by atoms with Crippen LogP contribution in [0.3, 0.4) is 0 Å². The molecule has 2 aromatic heterocycles. The van der Waals surface area contributed by atoms with Crippen LogP contribution in [0.15, 0.2) is 89.7 Å². The van der Waals surface area contributed by atoms with Crippen LogP contribution in [0.25, 0.3) is 16.9 Å². The Balaban J connectivity index is 1.51. The minimum Gasteiger partial charge on any atom is -0.468 e. The minimum atomic E-state index is -0.153. The molecule has 0 radical (unpaired) electrons. The number of para-hydroxylation sites is 1. The van der Waals surface area contributed by atoms with Gasteiger partial charge in [0.25, 0.3) is 0 Å². The van der Waals surface area contributed by atoms with Crippen LogP contribution in [0, 0.1) is 0 Å². The molecule has 2 heterocycles. The first-order valence-corrected chi connectivity index (χ1v) is 10.9. The molecular formula is C26H29N5O2. The molecule has 0 bridgehead atoms. The summed E-state index contributed by atoms with van der Waals surface area (Å²) in [5, 5.41) is 7.86. The summed E-state index contributed by atoms with van der Waals surface area (Å²) in [4.78, 5) is 16.6. The molecule has 4 rings (SSSR count). The van der Waals surface area contributed by atoms with Crippen LogP contribution in [0.1, 0.15) is 17.4 Å². The van der Waals surface area contributed by atoms with Gasteiger partial charge in [0.1, 0.15) is 5.76 Å². The van der Waals surface area contributed by atoms with Gasteiger partial charge in [-0.05, 0) is 38.4 Å². The fourth-order valence-electron chi connectivity index (χ4n) is 3.74. The van der Waals surface area contributed by atoms with Crippen LogP contribution < -0.4 is 5.32 Å². The van der Waals surface area contributed by atoms with Gasteiger partial charge in [-0.25, -0.2) is 9.48 Å². The van der Waals surface area contributed by atoms with Crippen molar-refractivity contribution in [2.24, 2.45) is 0 Å². The van der Waals surface area contributed by atoms with Crippen molar-refractivity contribution < 1.29 is 9.21 Å². The van der Waals surface area contributed by atoms with E-state index in [1.807, 2.05) is 103 Å². The summed E-state index contributed by atoms with van der Waals surface area (Å²) in [7, 11) is 5.72. The van der Waals surface area contributed by atoms with Crippen molar-refractivity contribution in [3.8, 4) is 16.9 Å². The van der Waals surface area contributed by atoms with Crippen LogP contribution in [0.4, 0.5) is 4.79 Å². The summed E-state index contributed by atoms with van der Waals surface area (Å²) < 4.78 is 7.40. The second-order valence-corrected chi connectivity index (χ2v) is 8.19. The van der Waals surface area contributed by atoms with Gasteiger partial charge in [0, 0.05) is 30.9 Å². The number of likely N-dealkylation sites (N-methyl/N-ethyl adjacent to an activating group) is 1. The monoisotopic (exact) mass is 443 g/mol. The van der Waals surface area contributed by atoms with Crippen molar-refractivity contribution >= 4 is 6.03 Å². The Morgan fingerprint density at radius 2 is 1.70 bits per heavy atom. The van der Waals surface area contributed by atoms with E-state index in [4.69, 9.17) is 9.52 Å². The summed E-state index contributed by atoms with van der Waals surface area (Å²) in [6.07, 6.45) is 3.64. The molecule has 0 aliphatic carbocycles. The van der Waals surface area contributed by atoms with Gasteiger partial charge < -0.3 is 14.6 Å². The van der Waals surface area contributed by atoms with Crippen LogP contribution in [0.5, 0.6) is 0 Å². The number of rotatable bonds is 8. The van der Waals surface area contributed by atoms with E-state index in [0.29, 0.717) is 13.1 Å². The summed E-state index contributed by atoms with van der Waals surface area (Å²) in [6.45, 7) is 0.870. The normalized spacial score (nSPS) is 12.0. The molecule has 0 saturated carbocycles. The number of benzene rings is 2. The predicted octanol–water partition coefficient (Wildman–Crippen LogP) is 4.58. The van der Waals surface area contributed by atoms with Crippen molar-refractivity contribution in [3.63, 3.8) is 0 Å². The topological polar surface area (TPSA) is 66.5 Å². The van der Waals surface area contributed by atoms with Gasteiger partial charge in [-0.1, -0.05) is 48.5 Å². The first kappa shape index (κ1) is 22.4. The quantitative estimate of drug-likeness (QED) is 0.433. The van der Waals surface area contributed by atoms with Crippen LogP contribution in [-0.2, 0) is 6.54 Å². The molecule has 0 fully saturated rings. The van der Waals surface area contributed by atoms with Crippen molar-refractivity contribution in [2.75, 3.05) is 27.7 Å². The first-order chi connectivity index (χ1) is 16.0. The third kappa shape index (κ3) is 5.32. The molecule has 170 valence electrons. The summed E-state index contributed by atoms with van der Waals surface area (Å²) in [5.74, 6) is 0.818. The average molecular weight is 444 g/mol. The van der Waals surface area contributed by atoms with E-state index < -0.39 is 0 Å². The number of nitrogens with zero attached hydrogens (tertiary/aromatic N) is 4. The first-order valence-electron chi connectivity index (χ1n) is 10.9. The molecule has 0 saturated heterocycles. The minimum absolute atomic E-state index is 0.0435. The number of furan rings is 1. The highest BCUT2D eigenvalue weighted by Crippen LogP contribution is 2.25. The van der Waals surface area contributed by atoms with Gasteiger partial charge in [-0.2, -0.15) is 5.10 Å². The van der Waals surface area contributed by atoms with E-state index in [-0.39, 0.29) is 12.1 Å². The highest BCUT2D eigenvalue weighted by Gasteiger charge is 2.20. The molecule has 1 N–H and O–H groups in total. The van der Waals surface area contributed by atoms with Crippen LogP contribution in [-0.4, -0.2) is 53.3 Å². The third-order valence-corrected chi connectivity index (χ3v) is 5.55. The number of carbonyl (C=O) groups is 1. The number of hydrogen-bond acceptors (Lipinski definition) is 4. The highest BCUT2D eigenvalue weighted by molar-refractivity contribution is 5.74. The van der Waals surface area contributed by atoms with Crippen molar-refractivity contribution in [1.29, 1.82) is 0 Å². The molecular weight excluding hydrogens is 414 g/mol. The van der Waals surface area contributed by atoms with Crippen LogP contribution in [0.2, 0.25) is 0 Å². The average Bonchev–Trinajstić information content (AvgIpc) is 3.51. The fraction of sp³-hybridized carbons (Fsp3) is 0.231. The molecule has 33 heavy (non-hydrogen) atoms. The molecule has 2 amide bonds. The molecule has 2 aromatic carbocycles. The summed E-state index contributed by atoms with van der Waals surface area (Å²) in [6, 6.07) is 23.6. The van der Waals surface area contributed by atoms with Crippen molar-refractivity contribution in [3.05, 3.63) is 96.6 Å². The van der Waals surface area contributed by atoms with Crippen molar-refractivity contribution in [2.45, 2.75) is 12.6 Å². The molecule has 4 aromatic rings. The lowest BCUT2D eigenvalue weighted by Gasteiger charge is -2.24. The number of carbonyl (C=O) groups excluding carboxylic acids is 1. The Kier molecular flexibility index (Phi) is 6.90. The number of nitrogens with one attached hydrogen (secondary N) is 1. The largest absolute Gasteiger partial charge is 0.468 e. The zero-order valence-corrected chi connectivity index (χ0v) is 19.2. The maximum atomic E-state index is 12.9. The van der Waals surface area contributed by atoms with Crippen molar-refractivity contribution in [1.82, 2.24) is 24.9 Å². The molecule has 0 aliphatic heterocycles. The molecule has 0 spiro atoms. The second-order valence-electron chi connectivity index (χ2n) is 8.19. The van der Waals surface area contributed by atoms with E-state index in [1.165, 1.54) is 0 Å². The zero-order chi connectivity index (χ0) is 23.2. The Labute approximate surface area is 194 Å². The lowest BCUT2D eigenvalue weighted by Crippen LogP contribution is -2.41. The van der Waals surface area contributed by atoms with Gasteiger partial charge in [0.2, 0.25) is 0 Å². The van der Waals surface area contributed by atoms with E-state index >= 15 is 0 Å². The lowest BCUT2D eigenvalue weighted by atomic mass is 10.1. The zero-order valence-electron chi connectivity index (χ0n) is 19.2. The number of aromatic nitrogens is 2. The summed E-state index contributed by atoms with van der Waals surface area (Å²) >= 11 is 0. The maximum Gasteiger partial charge on any atom is 0.317 e. The predicted molar refractivity (Wildman–Crippen MR) is 129 cm³/mol. The molecule has 1 atom stereocenters. The Hall–Kier alpha value is -3.84. The van der Waals surface area contributed by atoms with Gasteiger partial charge in [0.05, 0.1) is 30.2 Å². The van der Waals surface area contributed by atoms with Gasteiger partial charge >= 0.3 is 6.03 Å². The summed E-state index contributed by atoms with van der Waals surface area (Å²) in [5.41, 5.74) is 3.82. The van der Waals surface area contributed by atoms with Gasteiger partial charge in [-0.15, -0.1) is 0 Å². The number of amides is 2. The van der Waals surface area contributed by atoms with Crippen LogP contribution >= 0.6 is 0 Å². The second kappa shape index (κ2) is 10.2.